The molecule has 2 heteroatoms. The van der Waals surface area contributed by atoms with Crippen LogP contribution in [0.5, 0.6) is 0 Å². The van der Waals surface area contributed by atoms with Crippen LogP contribution < -0.4 is 5.32 Å². The minimum absolute atomic E-state index is 0.371. The molecular weight excluding hydrogens is 250 g/mol. The van der Waals surface area contributed by atoms with Gasteiger partial charge >= 0.3 is 0 Å². The molecule has 2 aromatic rings. The summed E-state index contributed by atoms with van der Waals surface area (Å²) in [5, 5.41) is 3.57. The molecule has 0 amide bonds. The van der Waals surface area contributed by atoms with Crippen molar-refractivity contribution >= 4 is 17.0 Å². The number of benzene rings is 1. The maximum atomic E-state index is 3.57. The Morgan fingerprint density at radius 1 is 1.00 bits per heavy atom. The lowest BCUT2D eigenvalue weighted by atomic mass is 10.0. The number of thiophene rings is 1. The second-order valence-electron chi connectivity index (χ2n) is 5.30. The molecule has 0 aliphatic rings. The van der Waals surface area contributed by atoms with Crippen LogP contribution in [0.15, 0.2) is 36.4 Å². The summed E-state index contributed by atoms with van der Waals surface area (Å²) >= 11 is 1.91. The predicted octanol–water partition coefficient (Wildman–Crippen LogP) is 5.61. The van der Waals surface area contributed by atoms with E-state index in [2.05, 4.69) is 69.4 Å². The summed E-state index contributed by atoms with van der Waals surface area (Å²) in [7, 11) is 0. The summed E-state index contributed by atoms with van der Waals surface area (Å²) in [4.78, 5) is 2.86. The van der Waals surface area contributed by atoms with Crippen LogP contribution in [0.2, 0.25) is 0 Å². The maximum absolute atomic E-state index is 3.57. The molecule has 0 spiro atoms. The molecule has 0 aliphatic carbocycles. The molecule has 0 saturated heterocycles. The minimum Gasteiger partial charge on any atom is -0.378 e. The molecule has 1 N–H and O–H groups in total. The Morgan fingerprint density at radius 3 is 2.21 bits per heavy atom. The first-order valence-corrected chi connectivity index (χ1v) is 7.87. The van der Waals surface area contributed by atoms with E-state index >= 15 is 0 Å². The zero-order valence-corrected chi connectivity index (χ0v) is 13.1. The Labute approximate surface area is 120 Å². The molecule has 1 unspecified atom stereocenters. The van der Waals surface area contributed by atoms with Crippen LogP contribution in [0.25, 0.3) is 0 Å². The van der Waals surface area contributed by atoms with E-state index in [1.54, 1.807) is 0 Å². The third-order valence-electron chi connectivity index (χ3n) is 3.42. The normalized spacial score (nSPS) is 12.7. The highest BCUT2D eigenvalue weighted by Crippen LogP contribution is 2.27. The summed E-state index contributed by atoms with van der Waals surface area (Å²) in [5.74, 6) is 0.593. The van der Waals surface area contributed by atoms with Gasteiger partial charge in [0.2, 0.25) is 0 Å². The summed E-state index contributed by atoms with van der Waals surface area (Å²) in [6, 6.07) is 13.6. The Hall–Kier alpha value is -1.28. The zero-order chi connectivity index (χ0) is 13.8. The summed E-state index contributed by atoms with van der Waals surface area (Å²) < 4.78 is 0. The van der Waals surface area contributed by atoms with E-state index in [0.717, 1.165) is 6.42 Å². The second-order valence-corrected chi connectivity index (χ2v) is 6.50. The molecule has 1 heterocycles. The Kier molecular flexibility index (Phi) is 4.65. The first-order chi connectivity index (χ1) is 9.10. The first kappa shape index (κ1) is 14.1. The van der Waals surface area contributed by atoms with Crippen LogP contribution in [0.4, 0.5) is 5.69 Å². The summed E-state index contributed by atoms with van der Waals surface area (Å²) in [5.41, 5.74) is 2.59. The quantitative estimate of drug-likeness (QED) is 0.747. The average molecular weight is 273 g/mol. The molecule has 102 valence electrons. The summed E-state index contributed by atoms with van der Waals surface area (Å²) in [6.45, 7) is 8.88. The smallest absolute Gasteiger partial charge is 0.0578 e. The SMILES string of the molecule is CCc1ccc(C(C)Nc2ccc(C(C)C)cc2)s1. The number of aryl methyl sites for hydroxylation is 1. The van der Waals surface area contributed by atoms with Gasteiger partial charge in [-0.3, -0.25) is 0 Å². The topological polar surface area (TPSA) is 12.0 Å². The van der Waals surface area contributed by atoms with E-state index in [4.69, 9.17) is 0 Å². The molecule has 19 heavy (non-hydrogen) atoms. The maximum Gasteiger partial charge on any atom is 0.0578 e. The predicted molar refractivity (Wildman–Crippen MR) is 86.3 cm³/mol. The van der Waals surface area contributed by atoms with Gasteiger partial charge in [-0.1, -0.05) is 32.9 Å². The van der Waals surface area contributed by atoms with Crippen LogP contribution in [-0.2, 0) is 6.42 Å². The molecule has 1 aromatic carbocycles. The Balaban J connectivity index is 2.03. The van der Waals surface area contributed by atoms with Gasteiger partial charge in [-0.15, -0.1) is 11.3 Å². The van der Waals surface area contributed by atoms with Crippen molar-refractivity contribution in [1.29, 1.82) is 0 Å². The molecule has 1 aromatic heterocycles. The molecular formula is C17H23NS. The lowest BCUT2D eigenvalue weighted by Gasteiger charge is -2.14. The molecule has 1 nitrogen and oxygen atoms in total. The highest BCUT2D eigenvalue weighted by molar-refractivity contribution is 7.12. The van der Waals surface area contributed by atoms with E-state index in [1.807, 2.05) is 11.3 Å². The van der Waals surface area contributed by atoms with Gasteiger partial charge in [-0.2, -0.15) is 0 Å². The fraction of sp³-hybridized carbons (Fsp3) is 0.412. The lowest BCUT2D eigenvalue weighted by Crippen LogP contribution is -2.04. The van der Waals surface area contributed by atoms with Gasteiger partial charge in [0, 0.05) is 15.4 Å². The van der Waals surface area contributed by atoms with Crippen molar-refractivity contribution in [2.24, 2.45) is 0 Å². The van der Waals surface area contributed by atoms with Crippen molar-refractivity contribution in [3.05, 3.63) is 51.7 Å². The number of rotatable bonds is 5. The van der Waals surface area contributed by atoms with Gasteiger partial charge in [-0.05, 0) is 49.1 Å². The average Bonchev–Trinajstić information content (AvgIpc) is 2.88. The van der Waals surface area contributed by atoms with Gasteiger partial charge in [0.05, 0.1) is 6.04 Å². The molecule has 0 radical (unpaired) electrons. The monoisotopic (exact) mass is 273 g/mol. The van der Waals surface area contributed by atoms with Crippen molar-refractivity contribution in [3.8, 4) is 0 Å². The number of nitrogens with one attached hydrogen (secondary N) is 1. The van der Waals surface area contributed by atoms with Gasteiger partial charge < -0.3 is 5.32 Å². The third-order valence-corrected chi connectivity index (χ3v) is 4.83. The summed E-state index contributed by atoms with van der Waals surface area (Å²) in [6.07, 6.45) is 1.13. The minimum atomic E-state index is 0.371. The van der Waals surface area contributed by atoms with Crippen LogP contribution in [0.3, 0.4) is 0 Å². The lowest BCUT2D eigenvalue weighted by molar-refractivity contribution is 0.864. The Bertz CT molecular complexity index is 510. The molecule has 2 rings (SSSR count). The molecule has 1 atom stereocenters. The standard InChI is InChI=1S/C17H23NS/c1-5-16-10-11-17(19-16)13(4)18-15-8-6-14(7-9-15)12(2)3/h6-13,18H,5H2,1-4H3. The Morgan fingerprint density at radius 2 is 1.68 bits per heavy atom. The molecule has 0 bridgehead atoms. The van der Waals surface area contributed by atoms with Gasteiger partial charge in [0.15, 0.2) is 0 Å². The third kappa shape index (κ3) is 3.60. The largest absolute Gasteiger partial charge is 0.378 e. The van der Waals surface area contributed by atoms with Gasteiger partial charge in [0.1, 0.15) is 0 Å². The van der Waals surface area contributed by atoms with Crippen molar-refractivity contribution in [1.82, 2.24) is 0 Å². The van der Waals surface area contributed by atoms with E-state index in [0.29, 0.717) is 12.0 Å². The van der Waals surface area contributed by atoms with Crippen molar-refractivity contribution in [2.45, 2.75) is 46.1 Å². The van der Waals surface area contributed by atoms with Gasteiger partial charge in [0.25, 0.3) is 0 Å². The first-order valence-electron chi connectivity index (χ1n) is 7.05. The van der Waals surface area contributed by atoms with E-state index in [1.165, 1.54) is 21.0 Å². The van der Waals surface area contributed by atoms with Crippen molar-refractivity contribution < 1.29 is 0 Å². The van der Waals surface area contributed by atoms with E-state index in [-0.39, 0.29) is 0 Å². The van der Waals surface area contributed by atoms with Crippen LogP contribution in [-0.4, -0.2) is 0 Å². The number of hydrogen-bond acceptors (Lipinski definition) is 2. The molecule has 0 saturated carbocycles. The van der Waals surface area contributed by atoms with Crippen molar-refractivity contribution in [2.75, 3.05) is 5.32 Å². The van der Waals surface area contributed by atoms with Gasteiger partial charge in [-0.25, -0.2) is 0 Å². The highest BCUT2D eigenvalue weighted by Gasteiger charge is 2.08. The molecule has 0 aliphatic heterocycles. The number of hydrogen-bond donors (Lipinski definition) is 1. The molecule has 0 fully saturated rings. The zero-order valence-electron chi connectivity index (χ0n) is 12.2. The van der Waals surface area contributed by atoms with Crippen LogP contribution in [0, 0.1) is 0 Å². The fourth-order valence-corrected chi connectivity index (χ4v) is 3.06. The number of anilines is 1. The highest BCUT2D eigenvalue weighted by atomic mass is 32.1. The van der Waals surface area contributed by atoms with Crippen molar-refractivity contribution in [3.63, 3.8) is 0 Å². The van der Waals surface area contributed by atoms with Crippen LogP contribution >= 0.6 is 11.3 Å². The second kappa shape index (κ2) is 6.25. The van der Waals surface area contributed by atoms with Crippen LogP contribution in [0.1, 0.15) is 55.0 Å². The van der Waals surface area contributed by atoms with E-state index < -0.39 is 0 Å². The van der Waals surface area contributed by atoms with E-state index in [9.17, 15) is 0 Å². The fourth-order valence-electron chi connectivity index (χ4n) is 2.10.